The van der Waals surface area contributed by atoms with Crippen molar-refractivity contribution in [2.24, 2.45) is 0 Å². The first-order valence-electron chi connectivity index (χ1n) is 5.69. The van der Waals surface area contributed by atoms with Crippen LogP contribution in [0.1, 0.15) is 13.3 Å². The van der Waals surface area contributed by atoms with Gasteiger partial charge in [-0.15, -0.1) is 0 Å². The van der Waals surface area contributed by atoms with E-state index in [9.17, 15) is 9.59 Å². The molecule has 0 unspecified atom stereocenters. The van der Waals surface area contributed by atoms with Crippen LogP contribution < -0.4 is 16.0 Å². The second-order valence-corrected chi connectivity index (χ2v) is 4.91. The van der Waals surface area contributed by atoms with Crippen molar-refractivity contribution in [1.29, 1.82) is 0 Å². The molecule has 18 heavy (non-hydrogen) atoms. The lowest BCUT2D eigenvalue weighted by Crippen LogP contribution is -2.39. The second kappa shape index (κ2) is 7.91. The topological polar surface area (TPSA) is 70.2 Å². The van der Waals surface area contributed by atoms with E-state index in [1.54, 1.807) is 6.07 Å². The SMILES string of the molecule is CCCNC(=O)CNC(=O)Nc1cccc(I)c1. The molecule has 0 saturated carbocycles. The first-order valence-corrected chi connectivity index (χ1v) is 6.77. The molecule has 0 radical (unpaired) electrons. The third-order valence-electron chi connectivity index (χ3n) is 2.06. The van der Waals surface area contributed by atoms with Gasteiger partial charge in [-0.25, -0.2) is 4.79 Å². The predicted octanol–water partition coefficient (Wildman–Crippen LogP) is 1.94. The van der Waals surface area contributed by atoms with E-state index in [1.165, 1.54) is 0 Å². The third-order valence-corrected chi connectivity index (χ3v) is 2.74. The molecule has 0 aliphatic rings. The Morgan fingerprint density at radius 3 is 2.72 bits per heavy atom. The van der Waals surface area contributed by atoms with Gasteiger partial charge in [-0.1, -0.05) is 13.0 Å². The number of anilines is 1. The molecule has 0 atom stereocenters. The minimum atomic E-state index is -0.386. The number of hydrogen-bond donors (Lipinski definition) is 3. The summed E-state index contributed by atoms with van der Waals surface area (Å²) in [4.78, 5) is 22.8. The Balaban J connectivity index is 2.31. The number of benzene rings is 1. The number of rotatable bonds is 5. The van der Waals surface area contributed by atoms with Crippen molar-refractivity contribution in [2.75, 3.05) is 18.4 Å². The van der Waals surface area contributed by atoms with Crippen LogP contribution in [0.5, 0.6) is 0 Å². The number of hydrogen-bond acceptors (Lipinski definition) is 2. The summed E-state index contributed by atoms with van der Waals surface area (Å²) in [5.41, 5.74) is 0.702. The molecular weight excluding hydrogens is 345 g/mol. The Morgan fingerprint density at radius 1 is 1.28 bits per heavy atom. The van der Waals surface area contributed by atoms with E-state index in [0.717, 1.165) is 9.99 Å². The van der Waals surface area contributed by atoms with Crippen LogP contribution in [0.2, 0.25) is 0 Å². The molecular formula is C12H16IN3O2. The predicted molar refractivity (Wildman–Crippen MR) is 79.5 cm³/mol. The summed E-state index contributed by atoms with van der Waals surface area (Å²) in [5.74, 6) is -0.186. The zero-order chi connectivity index (χ0) is 13.4. The highest BCUT2D eigenvalue weighted by Gasteiger charge is 2.04. The van der Waals surface area contributed by atoms with E-state index in [-0.39, 0.29) is 18.5 Å². The van der Waals surface area contributed by atoms with Crippen molar-refractivity contribution in [3.8, 4) is 0 Å². The van der Waals surface area contributed by atoms with E-state index in [0.29, 0.717) is 12.2 Å². The summed E-state index contributed by atoms with van der Waals surface area (Å²) >= 11 is 2.16. The third kappa shape index (κ3) is 5.85. The van der Waals surface area contributed by atoms with Gasteiger partial charge in [0, 0.05) is 15.8 Å². The minimum Gasteiger partial charge on any atom is -0.355 e. The summed E-state index contributed by atoms with van der Waals surface area (Å²) in [6.07, 6.45) is 0.875. The van der Waals surface area contributed by atoms with Crippen LogP contribution in [-0.4, -0.2) is 25.0 Å². The van der Waals surface area contributed by atoms with Crippen LogP contribution in [-0.2, 0) is 4.79 Å². The minimum absolute atomic E-state index is 0.0181. The van der Waals surface area contributed by atoms with Crippen molar-refractivity contribution in [2.45, 2.75) is 13.3 Å². The maximum absolute atomic E-state index is 11.5. The first kappa shape index (κ1) is 14.7. The Kier molecular flexibility index (Phi) is 6.48. The van der Waals surface area contributed by atoms with Gasteiger partial charge in [-0.05, 0) is 47.2 Å². The van der Waals surface area contributed by atoms with Crippen LogP contribution in [0, 0.1) is 3.57 Å². The van der Waals surface area contributed by atoms with E-state index < -0.39 is 0 Å². The van der Waals surface area contributed by atoms with Crippen molar-refractivity contribution in [3.63, 3.8) is 0 Å². The standard InChI is InChI=1S/C12H16IN3O2/c1-2-6-14-11(17)8-15-12(18)16-10-5-3-4-9(13)7-10/h3-5,7H,2,6,8H2,1H3,(H,14,17)(H2,15,16,18). The van der Waals surface area contributed by atoms with E-state index in [4.69, 9.17) is 0 Å². The summed E-state index contributed by atoms with van der Waals surface area (Å²) in [5, 5.41) is 7.83. The Labute approximate surface area is 120 Å². The number of nitrogens with one attached hydrogen (secondary N) is 3. The lowest BCUT2D eigenvalue weighted by Gasteiger charge is -2.08. The molecule has 1 aromatic rings. The van der Waals surface area contributed by atoms with E-state index in [1.807, 2.05) is 25.1 Å². The molecule has 3 amide bonds. The highest BCUT2D eigenvalue weighted by atomic mass is 127. The van der Waals surface area contributed by atoms with Gasteiger partial charge in [-0.2, -0.15) is 0 Å². The average molecular weight is 361 g/mol. The largest absolute Gasteiger partial charge is 0.355 e. The van der Waals surface area contributed by atoms with Gasteiger partial charge in [0.25, 0.3) is 0 Å². The molecule has 0 aliphatic carbocycles. The van der Waals surface area contributed by atoms with Crippen LogP contribution in [0.25, 0.3) is 0 Å². The molecule has 0 fully saturated rings. The maximum atomic E-state index is 11.5. The second-order valence-electron chi connectivity index (χ2n) is 3.67. The van der Waals surface area contributed by atoms with E-state index >= 15 is 0 Å². The molecule has 98 valence electrons. The lowest BCUT2D eigenvalue weighted by molar-refractivity contribution is -0.120. The zero-order valence-electron chi connectivity index (χ0n) is 10.1. The number of carbonyl (C=O) groups excluding carboxylic acids is 2. The van der Waals surface area contributed by atoms with Gasteiger partial charge in [0.2, 0.25) is 5.91 Å². The molecule has 1 aromatic carbocycles. The highest BCUT2D eigenvalue weighted by molar-refractivity contribution is 14.1. The summed E-state index contributed by atoms with van der Waals surface area (Å²) in [6, 6.07) is 7.03. The van der Waals surface area contributed by atoms with Crippen LogP contribution in [0.4, 0.5) is 10.5 Å². The maximum Gasteiger partial charge on any atom is 0.319 e. The Bertz CT molecular complexity index is 424. The van der Waals surface area contributed by atoms with Gasteiger partial charge in [0.15, 0.2) is 0 Å². The average Bonchev–Trinajstić information content (AvgIpc) is 2.34. The van der Waals surface area contributed by atoms with Crippen molar-refractivity contribution in [1.82, 2.24) is 10.6 Å². The molecule has 0 heterocycles. The van der Waals surface area contributed by atoms with Gasteiger partial charge in [-0.3, -0.25) is 4.79 Å². The zero-order valence-corrected chi connectivity index (χ0v) is 12.3. The van der Waals surface area contributed by atoms with Crippen molar-refractivity contribution in [3.05, 3.63) is 27.8 Å². The Hall–Kier alpha value is -1.31. The number of urea groups is 1. The highest BCUT2D eigenvalue weighted by Crippen LogP contribution is 2.11. The lowest BCUT2D eigenvalue weighted by atomic mass is 10.3. The van der Waals surface area contributed by atoms with Crippen LogP contribution >= 0.6 is 22.6 Å². The molecule has 3 N–H and O–H groups in total. The summed E-state index contributed by atoms with van der Waals surface area (Å²) in [6.45, 7) is 2.58. The normalized spacial score (nSPS) is 9.67. The molecule has 6 heteroatoms. The van der Waals surface area contributed by atoms with Gasteiger partial charge in [0.05, 0.1) is 6.54 Å². The fourth-order valence-electron chi connectivity index (χ4n) is 1.23. The van der Waals surface area contributed by atoms with Gasteiger partial charge >= 0.3 is 6.03 Å². The number of carbonyl (C=O) groups is 2. The van der Waals surface area contributed by atoms with E-state index in [2.05, 4.69) is 38.5 Å². The summed E-state index contributed by atoms with van der Waals surface area (Å²) in [7, 11) is 0. The fourth-order valence-corrected chi connectivity index (χ4v) is 1.77. The monoisotopic (exact) mass is 361 g/mol. The molecule has 0 spiro atoms. The molecule has 1 rings (SSSR count). The van der Waals surface area contributed by atoms with Crippen LogP contribution in [0.3, 0.4) is 0 Å². The van der Waals surface area contributed by atoms with Crippen molar-refractivity contribution >= 4 is 40.2 Å². The molecule has 0 aliphatic heterocycles. The van der Waals surface area contributed by atoms with Crippen molar-refractivity contribution < 1.29 is 9.59 Å². The van der Waals surface area contributed by atoms with Gasteiger partial charge in [0.1, 0.15) is 0 Å². The quantitative estimate of drug-likeness (QED) is 0.702. The molecule has 0 aromatic heterocycles. The smallest absolute Gasteiger partial charge is 0.319 e. The molecule has 0 saturated heterocycles. The van der Waals surface area contributed by atoms with Gasteiger partial charge < -0.3 is 16.0 Å². The summed E-state index contributed by atoms with van der Waals surface area (Å²) < 4.78 is 1.03. The fraction of sp³-hybridized carbons (Fsp3) is 0.333. The van der Waals surface area contributed by atoms with Crippen LogP contribution in [0.15, 0.2) is 24.3 Å². The Morgan fingerprint density at radius 2 is 2.06 bits per heavy atom. The number of amides is 3. The molecule has 0 bridgehead atoms. The molecule has 5 nitrogen and oxygen atoms in total. The first-order chi connectivity index (χ1) is 8.61. The number of halogens is 1.